The Kier molecular flexibility index (Phi) is 4.81. The number of hydrogen-bond donors (Lipinski definition) is 2. The number of sulfonamides is 1. The average Bonchev–Trinajstić information content (AvgIpc) is 3.04. The fourth-order valence-corrected chi connectivity index (χ4v) is 3.18. The van der Waals surface area contributed by atoms with E-state index in [-0.39, 0.29) is 11.4 Å². The second kappa shape index (κ2) is 6.42. The van der Waals surface area contributed by atoms with Gasteiger partial charge in [0.05, 0.1) is 17.1 Å². The van der Waals surface area contributed by atoms with Crippen molar-refractivity contribution < 1.29 is 8.42 Å². The lowest BCUT2D eigenvalue weighted by Gasteiger charge is -2.05. The van der Waals surface area contributed by atoms with Gasteiger partial charge >= 0.3 is 0 Å². The summed E-state index contributed by atoms with van der Waals surface area (Å²) in [6.07, 6.45) is 4.19. The molecule has 0 aliphatic heterocycles. The van der Waals surface area contributed by atoms with Gasteiger partial charge in [-0.2, -0.15) is 5.10 Å². The van der Waals surface area contributed by atoms with Crippen LogP contribution in [-0.4, -0.2) is 22.8 Å². The Hall–Kier alpha value is -1.64. The maximum Gasteiger partial charge on any atom is 0.242 e. The van der Waals surface area contributed by atoms with E-state index in [9.17, 15) is 8.42 Å². The zero-order valence-corrected chi connectivity index (χ0v) is 13.1. The molecule has 0 atom stereocenters. The standard InChI is InChI=1S/C13H21N5O2S/c1-3-6-18-10-13(7-12(18)8-14)21(19,20)16-9-11-4-5-15-17(11)2/h4-5,7,10,16H,3,6,8-9,14H2,1-2H3. The Labute approximate surface area is 124 Å². The van der Waals surface area contributed by atoms with E-state index in [1.54, 1.807) is 36.3 Å². The van der Waals surface area contributed by atoms with Gasteiger partial charge in [-0.05, 0) is 18.6 Å². The van der Waals surface area contributed by atoms with E-state index in [2.05, 4.69) is 9.82 Å². The van der Waals surface area contributed by atoms with Crippen molar-refractivity contribution in [3.8, 4) is 0 Å². The smallest absolute Gasteiger partial charge is 0.242 e. The summed E-state index contributed by atoms with van der Waals surface area (Å²) < 4.78 is 30.8. The van der Waals surface area contributed by atoms with Gasteiger partial charge in [-0.15, -0.1) is 0 Å². The van der Waals surface area contributed by atoms with Crippen LogP contribution in [0, 0.1) is 0 Å². The molecule has 0 unspecified atom stereocenters. The predicted molar refractivity (Wildman–Crippen MR) is 79.8 cm³/mol. The van der Waals surface area contributed by atoms with E-state index in [4.69, 9.17) is 5.73 Å². The van der Waals surface area contributed by atoms with Crippen LogP contribution in [0.15, 0.2) is 29.4 Å². The van der Waals surface area contributed by atoms with Crippen molar-refractivity contribution in [3.63, 3.8) is 0 Å². The van der Waals surface area contributed by atoms with Gasteiger partial charge in [0.15, 0.2) is 0 Å². The maximum atomic E-state index is 12.3. The van der Waals surface area contributed by atoms with E-state index in [1.807, 2.05) is 11.5 Å². The van der Waals surface area contributed by atoms with Crippen LogP contribution in [0.25, 0.3) is 0 Å². The van der Waals surface area contributed by atoms with E-state index in [0.29, 0.717) is 6.54 Å². The van der Waals surface area contributed by atoms with Crippen molar-refractivity contribution in [3.05, 3.63) is 35.9 Å². The van der Waals surface area contributed by atoms with Crippen LogP contribution in [0.5, 0.6) is 0 Å². The molecular weight excluding hydrogens is 290 g/mol. The van der Waals surface area contributed by atoms with Crippen molar-refractivity contribution in [2.75, 3.05) is 0 Å². The molecule has 0 bridgehead atoms. The fraction of sp³-hybridized carbons (Fsp3) is 0.462. The SMILES string of the molecule is CCCn1cc(S(=O)(=O)NCc2ccnn2C)cc1CN. The summed E-state index contributed by atoms with van der Waals surface area (Å²) in [5, 5.41) is 4.01. The van der Waals surface area contributed by atoms with Crippen molar-refractivity contribution >= 4 is 10.0 Å². The van der Waals surface area contributed by atoms with Crippen LogP contribution in [0.3, 0.4) is 0 Å². The molecule has 116 valence electrons. The normalized spacial score (nSPS) is 12.0. The lowest BCUT2D eigenvalue weighted by atomic mass is 10.4. The molecule has 0 aliphatic carbocycles. The monoisotopic (exact) mass is 311 g/mol. The summed E-state index contributed by atoms with van der Waals surface area (Å²) >= 11 is 0. The molecule has 2 aromatic heterocycles. The van der Waals surface area contributed by atoms with Gasteiger partial charge in [-0.25, -0.2) is 13.1 Å². The van der Waals surface area contributed by atoms with Crippen molar-refractivity contribution in [1.29, 1.82) is 0 Å². The van der Waals surface area contributed by atoms with Gasteiger partial charge < -0.3 is 10.3 Å². The predicted octanol–water partition coefficient (Wildman–Crippen LogP) is 0.569. The number of aromatic nitrogens is 3. The molecule has 0 amide bonds. The number of nitrogens with two attached hydrogens (primary N) is 1. The van der Waals surface area contributed by atoms with E-state index < -0.39 is 10.0 Å². The Balaban J connectivity index is 2.17. The molecule has 0 radical (unpaired) electrons. The second-order valence-corrected chi connectivity index (χ2v) is 6.60. The molecule has 2 heterocycles. The van der Waals surface area contributed by atoms with Crippen LogP contribution < -0.4 is 10.5 Å². The van der Waals surface area contributed by atoms with Gasteiger partial charge in [0.2, 0.25) is 10.0 Å². The highest BCUT2D eigenvalue weighted by Gasteiger charge is 2.18. The fourth-order valence-electron chi connectivity index (χ4n) is 2.12. The maximum absolute atomic E-state index is 12.3. The number of nitrogens with one attached hydrogen (secondary N) is 1. The summed E-state index contributed by atoms with van der Waals surface area (Å²) in [5.74, 6) is 0. The van der Waals surface area contributed by atoms with Crippen LogP contribution in [0.4, 0.5) is 0 Å². The molecule has 0 saturated carbocycles. The molecule has 3 N–H and O–H groups in total. The molecule has 0 aromatic carbocycles. The quantitative estimate of drug-likeness (QED) is 0.781. The molecule has 2 rings (SSSR count). The summed E-state index contributed by atoms with van der Waals surface area (Å²) in [6.45, 7) is 3.31. The number of aryl methyl sites for hydroxylation is 2. The number of nitrogens with zero attached hydrogens (tertiary/aromatic N) is 3. The Bertz CT molecular complexity index is 702. The molecule has 0 fully saturated rings. The molecule has 0 spiro atoms. The lowest BCUT2D eigenvalue weighted by molar-refractivity contribution is 0.576. The van der Waals surface area contributed by atoms with Crippen molar-refractivity contribution in [1.82, 2.24) is 19.1 Å². The molecule has 2 aromatic rings. The molecule has 0 saturated heterocycles. The topological polar surface area (TPSA) is 94.9 Å². The van der Waals surface area contributed by atoms with Crippen LogP contribution in [-0.2, 0) is 36.7 Å². The van der Waals surface area contributed by atoms with Crippen LogP contribution >= 0.6 is 0 Å². The highest BCUT2D eigenvalue weighted by atomic mass is 32.2. The zero-order valence-electron chi connectivity index (χ0n) is 12.3. The van der Waals surface area contributed by atoms with E-state index in [0.717, 1.165) is 24.4 Å². The minimum absolute atomic E-state index is 0.204. The first-order valence-corrected chi connectivity index (χ1v) is 8.32. The van der Waals surface area contributed by atoms with Crippen LogP contribution in [0.1, 0.15) is 24.7 Å². The first-order valence-electron chi connectivity index (χ1n) is 6.83. The van der Waals surface area contributed by atoms with E-state index >= 15 is 0 Å². The first kappa shape index (κ1) is 15.7. The zero-order chi connectivity index (χ0) is 15.5. The minimum atomic E-state index is -3.55. The summed E-state index contributed by atoms with van der Waals surface area (Å²) in [4.78, 5) is 0.249. The minimum Gasteiger partial charge on any atom is -0.349 e. The van der Waals surface area contributed by atoms with Gasteiger partial charge in [-0.1, -0.05) is 6.92 Å². The molecule has 0 aliphatic rings. The largest absolute Gasteiger partial charge is 0.349 e. The van der Waals surface area contributed by atoms with Crippen LogP contribution in [0.2, 0.25) is 0 Å². The summed E-state index contributed by atoms with van der Waals surface area (Å²) in [7, 11) is -1.78. The van der Waals surface area contributed by atoms with Crippen molar-refractivity contribution in [2.24, 2.45) is 12.8 Å². The first-order chi connectivity index (χ1) is 9.97. The number of rotatable bonds is 7. The van der Waals surface area contributed by atoms with Crippen molar-refractivity contribution in [2.45, 2.75) is 37.9 Å². The molecule has 21 heavy (non-hydrogen) atoms. The highest BCUT2D eigenvalue weighted by molar-refractivity contribution is 7.89. The highest BCUT2D eigenvalue weighted by Crippen LogP contribution is 2.15. The summed E-state index contributed by atoms with van der Waals surface area (Å²) in [6, 6.07) is 3.40. The lowest BCUT2D eigenvalue weighted by Crippen LogP contribution is -2.24. The average molecular weight is 311 g/mol. The van der Waals surface area contributed by atoms with E-state index in [1.165, 1.54) is 0 Å². The third-order valence-electron chi connectivity index (χ3n) is 3.31. The van der Waals surface area contributed by atoms with Gasteiger partial charge in [0, 0.05) is 38.2 Å². The molecule has 7 nitrogen and oxygen atoms in total. The van der Waals surface area contributed by atoms with Gasteiger partial charge in [-0.3, -0.25) is 4.68 Å². The Morgan fingerprint density at radius 3 is 2.71 bits per heavy atom. The van der Waals surface area contributed by atoms with Gasteiger partial charge in [0.1, 0.15) is 0 Å². The third-order valence-corrected chi connectivity index (χ3v) is 4.68. The Morgan fingerprint density at radius 1 is 1.38 bits per heavy atom. The Morgan fingerprint density at radius 2 is 2.14 bits per heavy atom. The summed E-state index contributed by atoms with van der Waals surface area (Å²) in [5.41, 5.74) is 7.28. The second-order valence-electron chi connectivity index (χ2n) is 4.84. The third kappa shape index (κ3) is 3.52. The molecule has 8 heteroatoms. The van der Waals surface area contributed by atoms with Gasteiger partial charge in [0.25, 0.3) is 0 Å². The number of hydrogen-bond acceptors (Lipinski definition) is 4. The molecular formula is C13H21N5O2S.